The van der Waals surface area contributed by atoms with Gasteiger partial charge in [0.25, 0.3) is 11.8 Å². The first-order chi connectivity index (χ1) is 22.6. The van der Waals surface area contributed by atoms with E-state index in [0.717, 1.165) is 21.9 Å². The number of carbonyl (C=O) groups is 2. The molecule has 0 aliphatic carbocycles. The molecule has 2 aromatic heterocycles. The minimum Gasteiger partial charge on any atom is -0.484 e. The summed E-state index contributed by atoms with van der Waals surface area (Å²) in [5.74, 6) is -0.346. The number of ether oxygens (including phenoxy) is 1. The second-order valence-corrected chi connectivity index (χ2v) is 11.4. The number of hydrogen-bond acceptors (Lipinski definition) is 7. The van der Waals surface area contributed by atoms with E-state index in [-0.39, 0.29) is 29.0 Å². The number of amides is 2. The van der Waals surface area contributed by atoms with Crippen molar-refractivity contribution in [3.63, 3.8) is 0 Å². The Labute approximate surface area is 268 Å². The van der Waals surface area contributed by atoms with Crippen LogP contribution in [0.2, 0.25) is 0 Å². The topological polar surface area (TPSA) is 105 Å². The number of fused-ring (bicyclic) bond motifs is 1. The largest absolute Gasteiger partial charge is 0.484 e. The number of nitrogens with one attached hydrogen (secondary N) is 1. The molecule has 242 valence electrons. The monoisotopic (exact) mass is 643 g/mol. The lowest BCUT2D eigenvalue weighted by Gasteiger charge is -2.34. The summed E-state index contributed by atoms with van der Waals surface area (Å²) >= 11 is 0. The molecular formula is C34H32F3N7O3. The first-order valence-electron chi connectivity index (χ1n) is 15.1. The van der Waals surface area contributed by atoms with Crippen molar-refractivity contribution in [2.45, 2.75) is 26.2 Å². The molecule has 3 heterocycles. The van der Waals surface area contributed by atoms with Crippen molar-refractivity contribution < 1.29 is 27.5 Å². The second kappa shape index (κ2) is 13.6. The van der Waals surface area contributed by atoms with Gasteiger partial charge in [-0.2, -0.15) is 13.2 Å². The first kappa shape index (κ1) is 31.7. The van der Waals surface area contributed by atoms with Crippen molar-refractivity contribution in [2.24, 2.45) is 0 Å². The SMILES string of the molecule is Cc1c(C(=O)N2CCN(Cc3ccc(OCC(F)(F)F)cc3)CC2)nnn1Cc1ccc(C(=O)Nc2ccc3ccccc3c2)nc1. The third-order valence-electron chi connectivity index (χ3n) is 7.97. The van der Waals surface area contributed by atoms with Crippen molar-refractivity contribution in [3.05, 3.63) is 113 Å². The van der Waals surface area contributed by atoms with Crippen molar-refractivity contribution in [1.82, 2.24) is 29.8 Å². The highest BCUT2D eigenvalue weighted by Gasteiger charge is 2.29. The van der Waals surface area contributed by atoms with Crippen LogP contribution in [0.15, 0.2) is 85.1 Å². The molecule has 1 N–H and O–H groups in total. The van der Waals surface area contributed by atoms with Crippen LogP contribution >= 0.6 is 0 Å². The Balaban J connectivity index is 0.994. The second-order valence-electron chi connectivity index (χ2n) is 11.4. The van der Waals surface area contributed by atoms with E-state index in [1.54, 1.807) is 47.0 Å². The molecule has 0 radical (unpaired) electrons. The number of anilines is 1. The average Bonchev–Trinajstić information content (AvgIpc) is 3.43. The van der Waals surface area contributed by atoms with Gasteiger partial charge in [-0.1, -0.05) is 53.7 Å². The molecule has 47 heavy (non-hydrogen) atoms. The fraction of sp³-hybridized carbons (Fsp3) is 0.265. The number of halogens is 3. The van der Waals surface area contributed by atoms with Gasteiger partial charge in [-0.15, -0.1) is 5.10 Å². The van der Waals surface area contributed by atoms with Gasteiger partial charge in [-0.05, 0) is 59.2 Å². The minimum absolute atomic E-state index is 0.165. The van der Waals surface area contributed by atoms with Gasteiger partial charge >= 0.3 is 6.18 Å². The zero-order valence-corrected chi connectivity index (χ0v) is 25.6. The summed E-state index contributed by atoms with van der Waals surface area (Å²) in [5, 5.41) is 13.4. The zero-order chi connectivity index (χ0) is 33.0. The molecular weight excluding hydrogens is 611 g/mol. The van der Waals surface area contributed by atoms with E-state index in [4.69, 9.17) is 4.74 Å². The lowest BCUT2D eigenvalue weighted by atomic mass is 10.1. The van der Waals surface area contributed by atoms with Crippen LogP contribution in [-0.2, 0) is 13.1 Å². The molecule has 0 unspecified atom stereocenters. The molecule has 5 aromatic rings. The number of carbonyl (C=O) groups excluding carboxylic acids is 2. The first-order valence-corrected chi connectivity index (χ1v) is 15.1. The van der Waals surface area contributed by atoms with Crippen LogP contribution in [0, 0.1) is 6.92 Å². The van der Waals surface area contributed by atoms with Crippen LogP contribution in [0.4, 0.5) is 18.9 Å². The van der Waals surface area contributed by atoms with Crippen molar-refractivity contribution in [1.29, 1.82) is 0 Å². The molecule has 0 saturated carbocycles. The predicted molar refractivity (Wildman–Crippen MR) is 169 cm³/mol. The molecule has 0 atom stereocenters. The Morgan fingerprint density at radius 1 is 0.872 bits per heavy atom. The summed E-state index contributed by atoms with van der Waals surface area (Å²) < 4.78 is 43.5. The van der Waals surface area contributed by atoms with Crippen LogP contribution in [0.3, 0.4) is 0 Å². The maximum Gasteiger partial charge on any atom is 0.422 e. The van der Waals surface area contributed by atoms with E-state index >= 15 is 0 Å². The number of aromatic nitrogens is 4. The highest BCUT2D eigenvalue weighted by atomic mass is 19.4. The Morgan fingerprint density at radius 3 is 2.30 bits per heavy atom. The lowest BCUT2D eigenvalue weighted by Crippen LogP contribution is -2.48. The van der Waals surface area contributed by atoms with Gasteiger partial charge < -0.3 is 15.0 Å². The summed E-state index contributed by atoms with van der Waals surface area (Å²) in [6.07, 6.45) is -2.77. The van der Waals surface area contributed by atoms with Gasteiger partial charge in [0.1, 0.15) is 11.4 Å². The van der Waals surface area contributed by atoms with Crippen molar-refractivity contribution in [2.75, 3.05) is 38.1 Å². The normalized spacial score (nSPS) is 13.9. The van der Waals surface area contributed by atoms with Gasteiger partial charge in [0.05, 0.1) is 12.2 Å². The molecule has 13 heteroatoms. The summed E-state index contributed by atoms with van der Waals surface area (Å²) in [5.41, 5.74) is 3.61. The molecule has 1 aliphatic rings. The van der Waals surface area contributed by atoms with E-state index in [1.807, 2.05) is 42.5 Å². The van der Waals surface area contributed by atoms with E-state index in [0.29, 0.717) is 50.6 Å². The van der Waals surface area contributed by atoms with Gasteiger partial charge in [0, 0.05) is 44.6 Å². The third kappa shape index (κ3) is 7.93. The number of nitrogens with zero attached hydrogens (tertiary/aromatic N) is 6. The molecule has 0 bridgehead atoms. The number of hydrogen-bond donors (Lipinski definition) is 1. The number of rotatable bonds is 9. The van der Waals surface area contributed by atoms with E-state index in [9.17, 15) is 22.8 Å². The minimum atomic E-state index is -4.38. The van der Waals surface area contributed by atoms with Crippen LogP contribution in [0.5, 0.6) is 5.75 Å². The maximum absolute atomic E-state index is 13.3. The van der Waals surface area contributed by atoms with E-state index in [1.165, 1.54) is 12.1 Å². The molecule has 1 aliphatic heterocycles. The number of alkyl halides is 3. The van der Waals surface area contributed by atoms with Crippen LogP contribution in [-0.4, -0.2) is 80.6 Å². The van der Waals surface area contributed by atoms with Crippen molar-refractivity contribution in [3.8, 4) is 5.75 Å². The summed E-state index contributed by atoms with van der Waals surface area (Å²) in [4.78, 5) is 34.4. The Hall–Kier alpha value is -5.30. The predicted octanol–water partition coefficient (Wildman–Crippen LogP) is 5.33. The Kier molecular flexibility index (Phi) is 9.16. The van der Waals surface area contributed by atoms with Gasteiger partial charge in [0.2, 0.25) is 0 Å². The average molecular weight is 644 g/mol. The fourth-order valence-corrected chi connectivity index (χ4v) is 5.37. The molecule has 10 nitrogen and oxygen atoms in total. The van der Waals surface area contributed by atoms with Crippen molar-refractivity contribution >= 4 is 28.3 Å². The quantitative estimate of drug-likeness (QED) is 0.231. The number of piperazine rings is 1. The molecule has 2 amide bonds. The van der Waals surface area contributed by atoms with Gasteiger partial charge in [0.15, 0.2) is 12.3 Å². The standard InChI is InChI=1S/C34H32F3N7O3/c1-23-31(33(46)43-16-14-42(15-17-43)20-24-6-11-29(12-7-24)47-22-34(35,36)37)40-41-44(23)21-25-8-13-30(38-19-25)32(45)39-28-10-9-26-4-2-3-5-27(26)18-28/h2-13,18-19H,14-17,20-22H2,1H3,(H,39,45). The van der Waals surface area contributed by atoms with Crippen LogP contribution in [0.25, 0.3) is 10.8 Å². The third-order valence-corrected chi connectivity index (χ3v) is 7.97. The summed E-state index contributed by atoms with van der Waals surface area (Å²) in [6.45, 7) is 3.69. The molecule has 1 saturated heterocycles. The summed E-state index contributed by atoms with van der Waals surface area (Å²) in [6, 6.07) is 23.6. The van der Waals surface area contributed by atoms with Gasteiger partial charge in [-0.3, -0.25) is 19.5 Å². The molecule has 0 spiro atoms. The molecule has 3 aromatic carbocycles. The van der Waals surface area contributed by atoms with Crippen LogP contribution in [0.1, 0.15) is 37.8 Å². The molecule has 1 fully saturated rings. The van der Waals surface area contributed by atoms with E-state index < -0.39 is 12.8 Å². The Bertz CT molecular complexity index is 1870. The van der Waals surface area contributed by atoms with E-state index in [2.05, 4.69) is 25.5 Å². The lowest BCUT2D eigenvalue weighted by molar-refractivity contribution is -0.153. The highest BCUT2D eigenvalue weighted by Crippen LogP contribution is 2.21. The smallest absolute Gasteiger partial charge is 0.422 e. The molecule has 6 rings (SSSR count). The van der Waals surface area contributed by atoms with Crippen LogP contribution < -0.4 is 10.1 Å². The number of pyridine rings is 1. The maximum atomic E-state index is 13.3. The zero-order valence-electron chi connectivity index (χ0n) is 25.6. The number of benzene rings is 3. The highest BCUT2D eigenvalue weighted by molar-refractivity contribution is 6.04. The fourth-order valence-electron chi connectivity index (χ4n) is 5.37. The summed E-state index contributed by atoms with van der Waals surface area (Å²) in [7, 11) is 0. The Morgan fingerprint density at radius 2 is 1.60 bits per heavy atom. The van der Waals surface area contributed by atoms with Gasteiger partial charge in [-0.25, -0.2) is 4.68 Å².